The molecule has 118 valence electrons. The quantitative estimate of drug-likeness (QED) is 0.868. The standard InChI is InChI=1S/C16H26N2O2S/c1-12(13-7-5-10-21-13)17-11-16(8-6-9-16)18-14(19)20-15(2,3)4/h5,7,10,12,17H,6,8-9,11H2,1-4H3,(H,18,19). The summed E-state index contributed by atoms with van der Waals surface area (Å²) in [4.78, 5) is 13.3. The molecule has 1 atom stereocenters. The molecule has 1 aromatic rings. The van der Waals surface area contributed by atoms with Crippen LogP contribution in [0.25, 0.3) is 0 Å². The Kier molecular flexibility index (Phi) is 4.94. The molecule has 1 saturated carbocycles. The lowest BCUT2D eigenvalue weighted by molar-refractivity contribution is 0.0379. The lowest BCUT2D eigenvalue weighted by Crippen LogP contribution is -2.60. The Morgan fingerprint density at radius 3 is 2.67 bits per heavy atom. The van der Waals surface area contributed by atoms with Crippen LogP contribution in [-0.2, 0) is 4.74 Å². The zero-order valence-corrected chi connectivity index (χ0v) is 14.2. The van der Waals surface area contributed by atoms with Gasteiger partial charge in [0.05, 0.1) is 5.54 Å². The fraction of sp³-hybridized carbons (Fsp3) is 0.688. The highest BCUT2D eigenvalue weighted by Crippen LogP contribution is 2.32. The van der Waals surface area contributed by atoms with Gasteiger partial charge in [-0.3, -0.25) is 0 Å². The van der Waals surface area contributed by atoms with E-state index in [1.807, 2.05) is 20.8 Å². The second kappa shape index (κ2) is 6.36. The van der Waals surface area contributed by atoms with Gasteiger partial charge in [0.1, 0.15) is 5.60 Å². The molecule has 1 fully saturated rings. The molecular formula is C16H26N2O2S. The van der Waals surface area contributed by atoms with Crippen LogP contribution in [0.3, 0.4) is 0 Å². The molecule has 0 bridgehead atoms. The van der Waals surface area contributed by atoms with Gasteiger partial charge in [0, 0.05) is 17.5 Å². The van der Waals surface area contributed by atoms with Crippen molar-refractivity contribution in [1.82, 2.24) is 10.6 Å². The molecule has 4 nitrogen and oxygen atoms in total. The predicted molar refractivity (Wildman–Crippen MR) is 86.7 cm³/mol. The number of hydrogen-bond acceptors (Lipinski definition) is 4. The number of carbonyl (C=O) groups is 1. The van der Waals surface area contributed by atoms with Crippen molar-refractivity contribution in [2.24, 2.45) is 0 Å². The normalized spacial score (nSPS) is 18.7. The van der Waals surface area contributed by atoms with Gasteiger partial charge in [-0.25, -0.2) is 4.79 Å². The third-order valence-electron chi connectivity index (χ3n) is 3.79. The van der Waals surface area contributed by atoms with Crippen LogP contribution in [0.2, 0.25) is 0 Å². The molecule has 2 N–H and O–H groups in total. The van der Waals surface area contributed by atoms with Crippen molar-refractivity contribution >= 4 is 17.4 Å². The smallest absolute Gasteiger partial charge is 0.408 e. The summed E-state index contributed by atoms with van der Waals surface area (Å²) in [5, 5.41) is 8.69. The average Bonchev–Trinajstić information content (AvgIpc) is 2.83. The first-order valence-electron chi connectivity index (χ1n) is 7.58. The van der Waals surface area contributed by atoms with Crippen LogP contribution in [0.4, 0.5) is 4.79 Å². The van der Waals surface area contributed by atoms with Gasteiger partial charge in [0.2, 0.25) is 0 Å². The van der Waals surface area contributed by atoms with Crippen LogP contribution < -0.4 is 10.6 Å². The van der Waals surface area contributed by atoms with Crippen LogP contribution in [0.5, 0.6) is 0 Å². The lowest BCUT2D eigenvalue weighted by atomic mass is 9.76. The van der Waals surface area contributed by atoms with E-state index in [0.29, 0.717) is 6.04 Å². The third kappa shape index (κ3) is 4.71. The first kappa shape index (κ1) is 16.3. The zero-order valence-electron chi connectivity index (χ0n) is 13.4. The molecule has 21 heavy (non-hydrogen) atoms. The Balaban J connectivity index is 1.85. The highest BCUT2D eigenvalue weighted by Gasteiger charge is 2.39. The number of carbonyl (C=O) groups excluding carboxylic acids is 1. The summed E-state index contributed by atoms with van der Waals surface area (Å²) in [6.45, 7) is 8.60. The van der Waals surface area contributed by atoms with E-state index >= 15 is 0 Å². The van der Waals surface area contributed by atoms with Gasteiger partial charge >= 0.3 is 6.09 Å². The monoisotopic (exact) mass is 310 g/mol. The Morgan fingerprint density at radius 2 is 2.19 bits per heavy atom. The molecule has 1 heterocycles. The van der Waals surface area contributed by atoms with Gasteiger partial charge < -0.3 is 15.4 Å². The van der Waals surface area contributed by atoms with Gasteiger partial charge in [-0.2, -0.15) is 0 Å². The number of nitrogens with one attached hydrogen (secondary N) is 2. The number of alkyl carbamates (subject to hydrolysis) is 1. The molecule has 2 rings (SSSR count). The van der Waals surface area contributed by atoms with Crippen LogP contribution >= 0.6 is 11.3 Å². The van der Waals surface area contributed by atoms with Crippen molar-refractivity contribution < 1.29 is 9.53 Å². The SMILES string of the molecule is CC(NCC1(NC(=O)OC(C)(C)C)CCC1)c1cccs1. The number of rotatable bonds is 5. The summed E-state index contributed by atoms with van der Waals surface area (Å²) in [6.07, 6.45) is 2.87. The van der Waals surface area contributed by atoms with Gasteiger partial charge in [0.25, 0.3) is 0 Å². The number of ether oxygens (including phenoxy) is 1. The molecule has 0 spiro atoms. The zero-order chi connectivity index (χ0) is 15.5. The summed E-state index contributed by atoms with van der Waals surface area (Å²) in [6, 6.07) is 4.51. The van der Waals surface area contributed by atoms with E-state index in [1.165, 1.54) is 4.88 Å². The van der Waals surface area contributed by atoms with Gasteiger partial charge in [-0.1, -0.05) is 6.07 Å². The highest BCUT2D eigenvalue weighted by molar-refractivity contribution is 7.10. The minimum absolute atomic E-state index is 0.145. The van der Waals surface area contributed by atoms with Gasteiger partial charge in [-0.15, -0.1) is 11.3 Å². The molecular weight excluding hydrogens is 284 g/mol. The molecule has 0 saturated heterocycles. The van der Waals surface area contributed by atoms with Crippen molar-refractivity contribution in [2.45, 2.75) is 64.1 Å². The maximum atomic E-state index is 12.0. The molecule has 1 aromatic heterocycles. The number of amides is 1. The van der Waals surface area contributed by atoms with Crippen LogP contribution in [0.15, 0.2) is 17.5 Å². The van der Waals surface area contributed by atoms with Crippen molar-refractivity contribution in [3.05, 3.63) is 22.4 Å². The van der Waals surface area contributed by atoms with Crippen LogP contribution in [0, 0.1) is 0 Å². The Labute approximate surface area is 131 Å². The molecule has 5 heteroatoms. The van der Waals surface area contributed by atoms with E-state index < -0.39 is 5.60 Å². The highest BCUT2D eigenvalue weighted by atomic mass is 32.1. The second-order valence-corrected chi connectivity index (χ2v) is 7.86. The predicted octanol–water partition coefficient (Wildman–Crippen LogP) is 3.85. The van der Waals surface area contributed by atoms with E-state index in [1.54, 1.807) is 11.3 Å². The lowest BCUT2D eigenvalue weighted by Gasteiger charge is -2.43. The number of hydrogen-bond donors (Lipinski definition) is 2. The first-order valence-corrected chi connectivity index (χ1v) is 8.46. The van der Waals surface area contributed by atoms with E-state index in [-0.39, 0.29) is 11.6 Å². The Morgan fingerprint density at radius 1 is 1.48 bits per heavy atom. The summed E-state index contributed by atoms with van der Waals surface area (Å²) in [5.74, 6) is 0. The van der Waals surface area contributed by atoms with Crippen molar-refractivity contribution in [2.75, 3.05) is 6.54 Å². The minimum Gasteiger partial charge on any atom is -0.444 e. The Bertz CT molecular complexity index is 461. The molecule has 1 aliphatic carbocycles. The fourth-order valence-electron chi connectivity index (χ4n) is 2.46. The summed E-state index contributed by atoms with van der Waals surface area (Å²) < 4.78 is 5.37. The second-order valence-electron chi connectivity index (χ2n) is 6.88. The maximum absolute atomic E-state index is 12.0. The van der Waals surface area contributed by atoms with Crippen LogP contribution in [-0.4, -0.2) is 23.8 Å². The molecule has 0 radical (unpaired) electrons. The summed E-state index contributed by atoms with van der Waals surface area (Å²) in [7, 11) is 0. The largest absolute Gasteiger partial charge is 0.444 e. The topological polar surface area (TPSA) is 50.4 Å². The van der Waals surface area contributed by atoms with Gasteiger partial charge in [-0.05, 0) is 58.4 Å². The van der Waals surface area contributed by atoms with Crippen molar-refractivity contribution in [1.29, 1.82) is 0 Å². The van der Waals surface area contributed by atoms with Crippen LogP contribution in [0.1, 0.15) is 57.9 Å². The Hall–Kier alpha value is -1.07. The minimum atomic E-state index is -0.452. The summed E-state index contributed by atoms with van der Waals surface area (Å²) in [5.41, 5.74) is -0.597. The molecule has 0 aromatic carbocycles. The molecule has 0 aliphatic heterocycles. The number of thiophene rings is 1. The summed E-state index contributed by atoms with van der Waals surface area (Å²) >= 11 is 1.75. The van der Waals surface area contributed by atoms with Crippen molar-refractivity contribution in [3.63, 3.8) is 0 Å². The average molecular weight is 310 g/mol. The molecule has 1 aliphatic rings. The van der Waals surface area contributed by atoms with E-state index in [4.69, 9.17) is 4.74 Å². The van der Waals surface area contributed by atoms with E-state index in [2.05, 4.69) is 35.1 Å². The van der Waals surface area contributed by atoms with E-state index in [9.17, 15) is 4.79 Å². The fourth-order valence-corrected chi connectivity index (χ4v) is 3.22. The third-order valence-corrected chi connectivity index (χ3v) is 4.85. The molecule has 1 unspecified atom stereocenters. The maximum Gasteiger partial charge on any atom is 0.408 e. The molecule has 1 amide bonds. The van der Waals surface area contributed by atoms with Gasteiger partial charge in [0.15, 0.2) is 0 Å². The van der Waals surface area contributed by atoms with E-state index in [0.717, 1.165) is 25.8 Å². The van der Waals surface area contributed by atoms with Crippen molar-refractivity contribution in [3.8, 4) is 0 Å². The first-order chi connectivity index (χ1) is 9.80.